The summed E-state index contributed by atoms with van der Waals surface area (Å²) in [5.41, 5.74) is 0. The molecule has 1 atom stereocenters. The summed E-state index contributed by atoms with van der Waals surface area (Å²) < 4.78 is 6.38. The topological polar surface area (TPSA) is 22.1 Å². The molecular weight excluding hydrogens is 226 g/mol. The summed E-state index contributed by atoms with van der Waals surface area (Å²) in [6.45, 7) is 1.74. The molecular formula is C7H8BrNOS. The van der Waals surface area contributed by atoms with Crippen LogP contribution < -0.4 is 0 Å². The van der Waals surface area contributed by atoms with Crippen LogP contribution >= 0.6 is 27.3 Å². The zero-order chi connectivity index (χ0) is 7.68. The predicted molar refractivity (Wildman–Crippen MR) is 48.0 cm³/mol. The highest BCUT2D eigenvalue weighted by Crippen LogP contribution is 2.30. The van der Waals surface area contributed by atoms with E-state index in [0.29, 0.717) is 5.92 Å². The maximum absolute atomic E-state index is 5.27. The van der Waals surface area contributed by atoms with Gasteiger partial charge in [0, 0.05) is 12.5 Å². The van der Waals surface area contributed by atoms with Crippen molar-refractivity contribution < 1.29 is 4.74 Å². The molecule has 11 heavy (non-hydrogen) atoms. The summed E-state index contributed by atoms with van der Waals surface area (Å²) in [7, 11) is 0. The van der Waals surface area contributed by atoms with E-state index in [1.54, 1.807) is 11.3 Å². The Morgan fingerprint density at radius 1 is 1.73 bits per heavy atom. The van der Waals surface area contributed by atoms with Crippen LogP contribution in [0.5, 0.6) is 0 Å². The summed E-state index contributed by atoms with van der Waals surface area (Å²) in [6.07, 6.45) is 2.98. The molecule has 1 saturated heterocycles. The number of rotatable bonds is 1. The molecule has 2 rings (SSSR count). The number of nitrogens with zero attached hydrogens (tertiary/aromatic N) is 1. The molecule has 0 bridgehead atoms. The van der Waals surface area contributed by atoms with E-state index < -0.39 is 0 Å². The maximum Gasteiger partial charge on any atom is 0.0991 e. The fourth-order valence-corrected chi connectivity index (χ4v) is 2.55. The van der Waals surface area contributed by atoms with Crippen LogP contribution in [0.3, 0.4) is 0 Å². The van der Waals surface area contributed by atoms with Gasteiger partial charge in [0.05, 0.1) is 21.6 Å². The molecule has 2 nitrogen and oxygen atoms in total. The minimum absolute atomic E-state index is 0.547. The van der Waals surface area contributed by atoms with E-state index in [0.717, 1.165) is 23.4 Å². The van der Waals surface area contributed by atoms with Gasteiger partial charge in [-0.1, -0.05) is 0 Å². The first-order valence-electron chi connectivity index (χ1n) is 3.55. The van der Waals surface area contributed by atoms with Crippen molar-refractivity contribution in [3.8, 4) is 0 Å². The maximum atomic E-state index is 5.27. The van der Waals surface area contributed by atoms with Gasteiger partial charge in [-0.3, -0.25) is 0 Å². The van der Waals surface area contributed by atoms with E-state index in [1.807, 2.05) is 6.20 Å². The van der Waals surface area contributed by atoms with Crippen LogP contribution in [0.2, 0.25) is 0 Å². The molecule has 2 heterocycles. The molecule has 4 heteroatoms. The monoisotopic (exact) mass is 233 g/mol. The van der Waals surface area contributed by atoms with E-state index in [9.17, 15) is 0 Å². The number of thiazole rings is 1. The number of hydrogen-bond donors (Lipinski definition) is 0. The van der Waals surface area contributed by atoms with Crippen molar-refractivity contribution in [1.82, 2.24) is 4.98 Å². The molecule has 1 unspecified atom stereocenters. The second-order valence-corrected chi connectivity index (χ2v) is 5.00. The number of halogens is 1. The highest BCUT2D eigenvalue weighted by molar-refractivity contribution is 9.11. The zero-order valence-electron chi connectivity index (χ0n) is 5.92. The zero-order valence-corrected chi connectivity index (χ0v) is 8.32. The average molecular weight is 234 g/mol. The Morgan fingerprint density at radius 3 is 3.18 bits per heavy atom. The van der Waals surface area contributed by atoms with Crippen molar-refractivity contribution in [3.05, 3.63) is 15.0 Å². The predicted octanol–water partition coefficient (Wildman–Crippen LogP) is 2.41. The van der Waals surface area contributed by atoms with Gasteiger partial charge in [-0.05, 0) is 22.4 Å². The lowest BCUT2D eigenvalue weighted by Crippen LogP contribution is -1.95. The van der Waals surface area contributed by atoms with Crippen molar-refractivity contribution in [2.24, 2.45) is 0 Å². The molecule has 1 aliphatic rings. The second-order valence-electron chi connectivity index (χ2n) is 2.56. The van der Waals surface area contributed by atoms with Gasteiger partial charge in [0.2, 0.25) is 0 Å². The van der Waals surface area contributed by atoms with Crippen molar-refractivity contribution >= 4 is 27.3 Å². The van der Waals surface area contributed by atoms with Gasteiger partial charge in [-0.2, -0.15) is 0 Å². The van der Waals surface area contributed by atoms with Crippen molar-refractivity contribution in [2.45, 2.75) is 12.3 Å². The van der Waals surface area contributed by atoms with Gasteiger partial charge in [0.1, 0.15) is 0 Å². The van der Waals surface area contributed by atoms with Crippen molar-refractivity contribution in [3.63, 3.8) is 0 Å². The Kier molecular flexibility index (Phi) is 2.25. The molecule has 0 N–H and O–H groups in total. The Balaban J connectivity index is 2.15. The van der Waals surface area contributed by atoms with Gasteiger partial charge in [0.15, 0.2) is 0 Å². The number of aromatic nitrogens is 1. The second kappa shape index (κ2) is 3.21. The molecule has 1 aromatic heterocycles. The highest BCUT2D eigenvalue weighted by Gasteiger charge is 2.20. The summed E-state index contributed by atoms with van der Waals surface area (Å²) in [5, 5.41) is 1.20. The van der Waals surface area contributed by atoms with Crippen LogP contribution in [0.4, 0.5) is 0 Å². The van der Waals surface area contributed by atoms with Gasteiger partial charge < -0.3 is 4.74 Å². The molecule has 0 aromatic carbocycles. The van der Waals surface area contributed by atoms with Crippen LogP contribution in [0.15, 0.2) is 9.98 Å². The fraction of sp³-hybridized carbons (Fsp3) is 0.571. The molecule has 1 fully saturated rings. The van der Waals surface area contributed by atoms with Crippen LogP contribution in [-0.2, 0) is 4.74 Å². The van der Waals surface area contributed by atoms with Crippen LogP contribution in [-0.4, -0.2) is 18.2 Å². The molecule has 0 saturated carbocycles. The van der Waals surface area contributed by atoms with E-state index in [2.05, 4.69) is 20.9 Å². The SMILES string of the molecule is Brc1cnc(C2CCOC2)s1. The third kappa shape index (κ3) is 1.63. The quantitative estimate of drug-likeness (QED) is 0.744. The van der Waals surface area contributed by atoms with Gasteiger partial charge in [0.25, 0.3) is 0 Å². The minimum atomic E-state index is 0.547. The summed E-state index contributed by atoms with van der Waals surface area (Å²) in [5.74, 6) is 0.547. The first-order chi connectivity index (χ1) is 5.36. The summed E-state index contributed by atoms with van der Waals surface area (Å²) in [6, 6.07) is 0. The lowest BCUT2D eigenvalue weighted by Gasteiger charge is -1.99. The number of hydrogen-bond acceptors (Lipinski definition) is 3. The van der Waals surface area contributed by atoms with Gasteiger partial charge in [-0.25, -0.2) is 4.98 Å². The van der Waals surface area contributed by atoms with Gasteiger partial charge in [-0.15, -0.1) is 11.3 Å². The van der Waals surface area contributed by atoms with E-state index in [1.165, 1.54) is 5.01 Å². The Labute approximate surface area is 77.7 Å². The average Bonchev–Trinajstić information content (AvgIpc) is 2.55. The molecule has 1 aliphatic heterocycles. The third-order valence-corrected chi connectivity index (χ3v) is 3.41. The summed E-state index contributed by atoms with van der Waals surface area (Å²) >= 11 is 5.10. The van der Waals surface area contributed by atoms with Crippen LogP contribution in [0, 0.1) is 0 Å². The lowest BCUT2D eigenvalue weighted by atomic mass is 10.1. The number of ether oxygens (including phenoxy) is 1. The summed E-state index contributed by atoms with van der Waals surface area (Å²) in [4.78, 5) is 4.29. The largest absolute Gasteiger partial charge is 0.381 e. The minimum Gasteiger partial charge on any atom is -0.381 e. The highest BCUT2D eigenvalue weighted by atomic mass is 79.9. The Morgan fingerprint density at radius 2 is 2.64 bits per heavy atom. The first kappa shape index (κ1) is 7.71. The normalized spacial score (nSPS) is 24.3. The standard InChI is InChI=1S/C7H8BrNOS/c8-6-3-9-7(11-6)5-1-2-10-4-5/h3,5H,1-2,4H2. The Bertz CT molecular complexity index is 244. The van der Waals surface area contributed by atoms with Crippen molar-refractivity contribution in [1.29, 1.82) is 0 Å². The molecule has 0 aliphatic carbocycles. The van der Waals surface area contributed by atoms with Crippen LogP contribution in [0.25, 0.3) is 0 Å². The molecule has 1 aromatic rings. The molecule has 60 valence electrons. The van der Waals surface area contributed by atoms with E-state index in [4.69, 9.17) is 4.74 Å². The fourth-order valence-electron chi connectivity index (χ4n) is 1.18. The smallest absolute Gasteiger partial charge is 0.0991 e. The van der Waals surface area contributed by atoms with Crippen molar-refractivity contribution in [2.75, 3.05) is 13.2 Å². The van der Waals surface area contributed by atoms with E-state index >= 15 is 0 Å². The first-order valence-corrected chi connectivity index (χ1v) is 5.16. The van der Waals surface area contributed by atoms with Gasteiger partial charge >= 0.3 is 0 Å². The third-order valence-electron chi connectivity index (χ3n) is 1.77. The molecule has 0 amide bonds. The molecule has 0 radical (unpaired) electrons. The Hall–Kier alpha value is 0.0700. The lowest BCUT2D eigenvalue weighted by molar-refractivity contribution is 0.194. The van der Waals surface area contributed by atoms with Crippen LogP contribution in [0.1, 0.15) is 17.3 Å². The molecule has 0 spiro atoms. The van der Waals surface area contributed by atoms with E-state index in [-0.39, 0.29) is 0 Å².